The summed E-state index contributed by atoms with van der Waals surface area (Å²) >= 11 is 0. The second-order valence-corrected chi connectivity index (χ2v) is 9.78. The smallest absolute Gasteiger partial charge is 0.310 e. The molecular formula is C25H31N5O6. The zero-order valence-corrected chi connectivity index (χ0v) is 20.0. The third-order valence-electron chi connectivity index (χ3n) is 7.76. The molecule has 3 saturated heterocycles. The Hall–Kier alpha value is -3.31. The number of fused-ring (bicyclic) bond motifs is 2. The summed E-state index contributed by atoms with van der Waals surface area (Å²) in [4.78, 5) is 43.1. The van der Waals surface area contributed by atoms with E-state index in [2.05, 4.69) is 16.9 Å². The normalized spacial score (nSPS) is 28.6. The molecule has 0 aliphatic carbocycles. The van der Waals surface area contributed by atoms with Gasteiger partial charge in [0.1, 0.15) is 23.8 Å². The summed E-state index contributed by atoms with van der Waals surface area (Å²) in [7, 11) is 0. The lowest BCUT2D eigenvalue weighted by atomic mass is 9.70. The third kappa shape index (κ3) is 3.77. The molecule has 2 bridgehead atoms. The zero-order valence-electron chi connectivity index (χ0n) is 20.0. The lowest BCUT2D eigenvalue weighted by Crippen LogP contribution is -2.56. The number of nitrogens with zero attached hydrogens (tertiary/aromatic N) is 5. The third-order valence-corrected chi connectivity index (χ3v) is 7.76. The predicted octanol–water partition coefficient (Wildman–Crippen LogP) is 1.03. The van der Waals surface area contributed by atoms with Crippen LogP contribution in [-0.4, -0.2) is 90.2 Å². The van der Waals surface area contributed by atoms with Gasteiger partial charge in [0.25, 0.3) is 0 Å². The summed E-state index contributed by atoms with van der Waals surface area (Å²) in [6, 6.07) is 6.49. The Morgan fingerprint density at radius 2 is 2.08 bits per heavy atom. The van der Waals surface area contributed by atoms with E-state index in [0.29, 0.717) is 44.2 Å². The molecule has 4 heterocycles. The molecule has 2 N–H and O–H groups in total. The maximum atomic E-state index is 14.2. The fraction of sp³-hybridized carbons (Fsp3) is 0.560. The Bertz CT molecular complexity index is 1180. The molecule has 5 atom stereocenters. The van der Waals surface area contributed by atoms with E-state index in [1.165, 1.54) is 4.90 Å². The van der Waals surface area contributed by atoms with Crippen molar-refractivity contribution < 1.29 is 29.3 Å². The average Bonchev–Trinajstić information content (AvgIpc) is 3.61. The standard InChI is InChI=1S/C25H31N5O6/c1-2-12-28(15-30-17-9-5-4-8-16(17)26-27-30)23(33)21-25-11-10-18(36-25)19(24(34)35)20(25)22(32)29(21)13-6-3-7-14-31/h2,4-5,8-9,18-21,31H,1,3,6-7,10-15H2,(H,34,35)/t18-,19+,20-,21?,25?/m0/s1. The van der Waals surface area contributed by atoms with Crippen LogP contribution in [0.2, 0.25) is 0 Å². The second-order valence-electron chi connectivity index (χ2n) is 9.78. The van der Waals surface area contributed by atoms with Crippen LogP contribution in [0.15, 0.2) is 36.9 Å². The molecule has 36 heavy (non-hydrogen) atoms. The number of hydrogen-bond acceptors (Lipinski definition) is 7. The molecule has 3 fully saturated rings. The van der Waals surface area contributed by atoms with Crippen LogP contribution in [0.5, 0.6) is 0 Å². The van der Waals surface area contributed by atoms with Crippen LogP contribution in [0.25, 0.3) is 11.0 Å². The number of ether oxygens (including phenoxy) is 1. The minimum Gasteiger partial charge on any atom is -0.481 e. The molecule has 192 valence electrons. The first-order valence-corrected chi connectivity index (χ1v) is 12.4. The molecule has 0 saturated carbocycles. The van der Waals surface area contributed by atoms with E-state index >= 15 is 0 Å². The number of carbonyl (C=O) groups is 3. The number of carboxylic acids is 1. The Balaban J connectivity index is 1.48. The monoisotopic (exact) mass is 497 g/mol. The van der Waals surface area contributed by atoms with Gasteiger partial charge in [-0.2, -0.15) is 0 Å². The van der Waals surface area contributed by atoms with Gasteiger partial charge in [-0.25, -0.2) is 4.68 Å². The van der Waals surface area contributed by atoms with Crippen LogP contribution in [0.3, 0.4) is 0 Å². The number of aromatic nitrogens is 3. The predicted molar refractivity (Wildman–Crippen MR) is 127 cm³/mol. The Kier molecular flexibility index (Phi) is 6.52. The van der Waals surface area contributed by atoms with E-state index in [1.807, 2.05) is 24.3 Å². The van der Waals surface area contributed by atoms with Crippen LogP contribution in [0.4, 0.5) is 0 Å². The molecule has 1 aromatic carbocycles. The number of aliphatic carboxylic acids is 1. The minimum atomic E-state index is -1.16. The summed E-state index contributed by atoms with van der Waals surface area (Å²) < 4.78 is 7.89. The van der Waals surface area contributed by atoms with Crippen LogP contribution < -0.4 is 0 Å². The van der Waals surface area contributed by atoms with E-state index < -0.39 is 35.6 Å². The molecule has 1 spiro atoms. The van der Waals surface area contributed by atoms with Crippen molar-refractivity contribution in [1.29, 1.82) is 0 Å². The average molecular weight is 498 g/mol. The van der Waals surface area contributed by atoms with Gasteiger partial charge in [-0.05, 0) is 44.2 Å². The molecule has 3 aliphatic heterocycles. The fourth-order valence-electron chi connectivity index (χ4n) is 6.25. The first kappa shape index (κ1) is 24.4. The Labute approximate surface area is 208 Å². The van der Waals surface area contributed by atoms with Crippen molar-refractivity contribution in [2.75, 3.05) is 19.7 Å². The Morgan fingerprint density at radius 3 is 2.83 bits per heavy atom. The summed E-state index contributed by atoms with van der Waals surface area (Å²) in [5.74, 6) is -3.57. The number of unbranched alkanes of at least 4 members (excludes halogenated alkanes) is 2. The van der Waals surface area contributed by atoms with Crippen LogP contribution in [-0.2, 0) is 25.8 Å². The molecule has 2 unspecified atom stereocenters. The maximum absolute atomic E-state index is 14.2. The van der Waals surface area contributed by atoms with Gasteiger partial charge in [-0.3, -0.25) is 14.4 Å². The number of aliphatic hydroxyl groups is 1. The molecule has 2 aromatic rings. The zero-order chi connectivity index (χ0) is 25.4. The minimum absolute atomic E-state index is 0.0493. The van der Waals surface area contributed by atoms with Gasteiger partial charge in [0.05, 0.1) is 23.5 Å². The fourth-order valence-corrected chi connectivity index (χ4v) is 6.25. The highest BCUT2D eigenvalue weighted by Gasteiger charge is 2.74. The topological polar surface area (TPSA) is 138 Å². The van der Waals surface area contributed by atoms with Crippen molar-refractivity contribution in [2.24, 2.45) is 11.8 Å². The van der Waals surface area contributed by atoms with Crippen LogP contribution in [0, 0.1) is 11.8 Å². The molecule has 5 rings (SSSR count). The highest BCUT2D eigenvalue weighted by atomic mass is 16.5. The van der Waals surface area contributed by atoms with Crippen molar-refractivity contribution in [3.05, 3.63) is 36.9 Å². The quantitative estimate of drug-likeness (QED) is 0.347. The number of carboxylic acid groups (broad SMARTS) is 1. The summed E-state index contributed by atoms with van der Waals surface area (Å²) in [6.45, 7) is 4.45. The van der Waals surface area contributed by atoms with Crippen molar-refractivity contribution in [3.8, 4) is 0 Å². The molecule has 1 aromatic heterocycles. The van der Waals surface area contributed by atoms with Crippen LogP contribution >= 0.6 is 0 Å². The van der Waals surface area contributed by atoms with Gasteiger partial charge in [0.2, 0.25) is 11.8 Å². The van der Waals surface area contributed by atoms with Gasteiger partial charge in [0.15, 0.2) is 0 Å². The molecule has 11 heteroatoms. The highest BCUT2D eigenvalue weighted by molar-refractivity contribution is 5.98. The lowest BCUT2D eigenvalue weighted by molar-refractivity contribution is -0.151. The van der Waals surface area contributed by atoms with E-state index in [0.717, 1.165) is 5.52 Å². The number of likely N-dealkylation sites (tertiary alicyclic amines) is 1. The SMILES string of the molecule is C=CCN(Cn1nnc2ccccc21)C(=O)C1N(CCCCCO)C(=O)[C@@H]2[C@H](C(=O)O)[C@@H]3CCC12O3. The summed E-state index contributed by atoms with van der Waals surface area (Å²) in [6.07, 6.45) is 3.86. The van der Waals surface area contributed by atoms with Crippen molar-refractivity contribution in [3.63, 3.8) is 0 Å². The summed E-state index contributed by atoms with van der Waals surface area (Å²) in [5.41, 5.74) is 0.302. The molecule has 11 nitrogen and oxygen atoms in total. The molecule has 0 radical (unpaired) electrons. The first-order chi connectivity index (χ1) is 17.4. The largest absolute Gasteiger partial charge is 0.481 e. The van der Waals surface area contributed by atoms with Gasteiger partial charge in [0, 0.05) is 19.7 Å². The number of benzene rings is 1. The molecule has 3 aliphatic rings. The van der Waals surface area contributed by atoms with Gasteiger partial charge >= 0.3 is 5.97 Å². The lowest BCUT2D eigenvalue weighted by Gasteiger charge is -2.36. The maximum Gasteiger partial charge on any atom is 0.310 e. The molecular weight excluding hydrogens is 466 g/mol. The first-order valence-electron chi connectivity index (χ1n) is 12.4. The van der Waals surface area contributed by atoms with Crippen molar-refractivity contribution in [2.45, 2.75) is 56.5 Å². The van der Waals surface area contributed by atoms with E-state index in [9.17, 15) is 19.5 Å². The number of aliphatic hydroxyl groups excluding tert-OH is 1. The number of para-hydroxylation sites is 1. The highest BCUT2D eigenvalue weighted by Crippen LogP contribution is 2.58. The number of amides is 2. The van der Waals surface area contributed by atoms with Gasteiger partial charge in [-0.1, -0.05) is 23.4 Å². The van der Waals surface area contributed by atoms with E-state index in [1.54, 1.807) is 15.7 Å². The molecule has 2 amide bonds. The summed E-state index contributed by atoms with van der Waals surface area (Å²) in [5, 5.41) is 27.4. The van der Waals surface area contributed by atoms with Gasteiger partial charge in [-0.15, -0.1) is 11.7 Å². The van der Waals surface area contributed by atoms with Gasteiger partial charge < -0.3 is 24.7 Å². The van der Waals surface area contributed by atoms with Crippen molar-refractivity contribution >= 4 is 28.8 Å². The van der Waals surface area contributed by atoms with Crippen LogP contribution in [0.1, 0.15) is 32.1 Å². The van der Waals surface area contributed by atoms with Crippen molar-refractivity contribution in [1.82, 2.24) is 24.8 Å². The number of carbonyl (C=O) groups excluding carboxylic acids is 2. The van der Waals surface area contributed by atoms with E-state index in [4.69, 9.17) is 9.84 Å². The second kappa shape index (κ2) is 9.62. The number of rotatable bonds is 11. The van der Waals surface area contributed by atoms with E-state index in [-0.39, 0.29) is 31.6 Å². The Morgan fingerprint density at radius 1 is 1.28 bits per heavy atom. The number of hydrogen-bond donors (Lipinski definition) is 2.